The van der Waals surface area contributed by atoms with Crippen molar-refractivity contribution in [2.24, 2.45) is 0 Å². The quantitative estimate of drug-likeness (QED) is 0.762. The number of allylic oxidation sites excluding steroid dienone is 8. The molecule has 1 aromatic rings. The Hall–Kier alpha value is -2.02. The fourth-order valence-corrected chi connectivity index (χ4v) is 2.82. The number of benzene rings is 1. The summed E-state index contributed by atoms with van der Waals surface area (Å²) >= 11 is 0. The molecule has 2 aliphatic rings. The summed E-state index contributed by atoms with van der Waals surface area (Å²) in [5.74, 6) is 0.352. The van der Waals surface area contributed by atoms with Crippen LogP contribution in [0.25, 0.3) is 0 Å². The van der Waals surface area contributed by atoms with Crippen molar-refractivity contribution < 1.29 is 0 Å². The second kappa shape index (κ2) is 5.16. The molecule has 1 unspecified atom stereocenters. The Morgan fingerprint density at radius 1 is 1.00 bits per heavy atom. The highest BCUT2D eigenvalue weighted by Gasteiger charge is 2.21. The predicted molar refractivity (Wildman–Crippen MR) is 86.9 cm³/mol. The first-order valence-corrected chi connectivity index (χ1v) is 7.04. The zero-order valence-electron chi connectivity index (χ0n) is 12.3. The van der Waals surface area contributed by atoms with Crippen molar-refractivity contribution in [3.63, 3.8) is 0 Å². The molecule has 1 radical (unpaired) electrons. The Labute approximate surface area is 121 Å². The second-order valence-electron chi connectivity index (χ2n) is 5.65. The van der Waals surface area contributed by atoms with Crippen LogP contribution in [0.5, 0.6) is 0 Å². The summed E-state index contributed by atoms with van der Waals surface area (Å²) in [5, 5.41) is 0. The molecule has 0 aromatic heterocycles. The number of hydrogen-bond acceptors (Lipinski definition) is 1. The van der Waals surface area contributed by atoms with Crippen LogP contribution in [-0.4, -0.2) is 14.1 Å². The summed E-state index contributed by atoms with van der Waals surface area (Å²) in [5.41, 5.74) is 6.68. The zero-order chi connectivity index (χ0) is 14.1. The minimum absolute atomic E-state index is 0.352. The molecule has 0 saturated heterocycles. The van der Waals surface area contributed by atoms with Crippen LogP contribution < -0.4 is 4.90 Å². The molecule has 2 aliphatic carbocycles. The van der Waals surface area contributed by atoms with Crippen molar-refractivity contribution in [3.8, 4) is 0 Å². The van der Waals surface area contributed by atoms with Gasteiger partial charge in [0.15, 0.2) is 0 Å². The Morgan fingerprint density at radius 3 is 2.45 bits per heavy atom. The van der Waals surface area contributed by atoms with E-state index in [2.05, 4.69) is 87.0 Å². The third kappa shape index (κ3) is 2.36. The van der Waals surface area contributed by atoms with E-state index in [0.717, 1.165) is 0 Å². The lowest BCUT2D eigenvalue weighted by atomic mass is 9.89. The summed E-state index contributed by atoms with van der Waals surface area (Å²) in [4.78, 5) is 2.13. The molecule has 0 spiro atoms. The van der Waals surface area contributed by atoms with Gasteiger partial charge in [-0.25, -0.2) is 0 Å². The van der Waals surface area contributed by atoms with Crippen molar-refractivity contribution in [3.05, 3.63) is 83.3 Å². The Morgan fingerprint density at radius 2 is 1.75 bits per heavy atom. The number of rotatable bonds is 2. The van der Waals surface area contributed by atoms with Gasteiger partial charge in [-0.15, -0.1) is 0 Å². The first-order chi connectivity index (χ1) is 9.65. The van der Waals surface area contributed by atoms with Gasteiger partial charge in [-0.2, -0.15) is 0 Å². The highest BCUT2D eigenvalue weighted by Crippen LogP contribution is 2.38. The van der Waals surface area contributed by atoms with E-state index in [0.29, 0.717) is 5.92 Å². The maximum absolute atomic E-state index is 2.31. The van der Waals surface area contributed by atoms with Crippen LogP contribution in [0.15, 0.2) is 71.4 Å². The van der Waals surface area contributed by atoms with Gasteiger partial charge in [0.2, 0.25) is 0 Å². The third-order valence-corrected chi connectivity index (χ3v) is 3.89. The molecule has 0 heterocycles. The molecular weight excluding hydrogens is 242 g/mol. The Kier molecular flexibility index (Phi) is 3.35. The zero-order valence-corrected chi connectivity index (χ0v) is 12.3. The molecule has 1 atom stereocenters. The van der Waals surface area contributed by atoms with Crippen LogP contribution in [-0.2, 0) is 0 Å². The molecule has 0 bridgehead atoms. The summed E-state index contributed by atoms with van der Waals surface area (Å²) in [6.07, 6.45) is 13.3. The Balaban J connectivity index is 1.98. The van der Waals surface area contributed by atoms with Crippen LogP contribution in [0.3, 0.4) is 0 Å². The summed E-state index contributed by atoms with van der Waals surface area (Å²) in [6, 6.07) is 8.86. The molecule has 0 saturated carbocycles. The van der Waals surface area contributed by atoms with Crippen LogP contribution in [0.1, 0.15) is 18.4 Å². The largest absolute Gasteiger partial charge is 0.378 e. The van der Waals surface area contributed by atoms with E-state index < -0.39 is 0 Å². The van der Waals surface area contributed by atoms with Gasteiger partial charge in [0.1, 0.15) is 0 Å². The van der Waals surface area contributed by atoms with Crippen LogP contribution in [0.2, 0.25) is 0 Å². The normalized spacial score (nSPS) is 20.8. The average molecular weight is 262 g/mol. The maximum atomic E-state index is 2.31. The van der Waals surface area contributed by atoms with Gasteiger partial charge < -0.3 is 4.90 Å². The summed E-state index contributed by atoms with van der Waals surface area (Å²) in [7, 11) is 4.15. The van der Waals surface area contributed by atoms with E-state index in [-0.39, 0.29) is 0 Å². The van der Waals surface area contributed by atoms with Crippen LogP contribution in [0.4, 0.5) is 5.69 Å². The topological polar surface area (TPSA) is 3.24 Å². The van der Waals surface area contributed by atoms with E-state index >= 15 is 0 Å². The monoisotopic (exact) mass is 262 g/mol. The van der Waals surface area contributed by atoms with E-state index in [4.69, 9.17) is 0 Å². The molecule has 20 heavy (non-hydrogen) atoms. The molecule has 1 nitrogen and oxygen atoms in total. The summed E-state index contributed by atoms with van der Waals surface area (Å²) < 4.78 is 0. The fraction of sp³-hybridized carbons (Fsp3) is 0.211. The number of hydrogen-bond donors (Lipinski definition) is 0. The van der Waals surface area contributed by atoms with Crippen molar-refractivity contribution in [2.75, 3.05) is 19.0 Å². The van der Waals surface area contributed by atoms with Gasteiger partial charge in [-0.3, -0.25) is 0 Å². The van der Waals surface area contributed by atoms with E-state index in [9.17, 15) is 0 Å². The van der Waals surface area contributed by atoms with Gasteiger partial charge >= 0.3 is 0 Å². The van der Waals surface area contributed by atoms with Crippen molar-refractivity contribution >= 4 is 5.69 Å². The first-order valence-electron chi connectivity index (χ1n) is 7.04. The molecule has 0 aliphatic heterocycles. The molecule has 0 amide bonds. The van der Waals surface area contributed by atoms with Crippen molar-refractivity contribution in [1.29, 1.82) is 0 Å². The number of nitrogens with zero attached hydrogens (tertiary/aromatic N) is 1. The molecule has 3 rings (SSSR count). The van der Waals surface area contributed by atoms with Crippen LogP contribution in [0, 0.1) is 6.42 Å². The molecule has 1 heteroatoms. The van der Waals surface area contributed by atoms with Crippen molar-refractivity contribution in [2.45, 2.75) is 12.8 Å². The lowest BCUT2D eigenvalue weighted by Crippen LogP contribution is -2.08. The third-order valence-electron chi connectivity index (χ3n) is 3.89. The molecular formula is C19H20N. The van der Waals surface area contributed by atoms with Gasteiger partial charge in [0.25, 0.3) is 0 Å². The molecule has 0 fully saturated rings. The number of anilines is 1. The summed E-state index contributed by atoms with van der Waals surface area (Å²) in [6.45, 7) is 2.17. The highest BCUT2D eigenvalue weighted by molar-refractivity contribution is 5.59. The highest BCUT2D eigenvalue weighted by atomic mass is 15.1. The maximum Gasteiger partial charge on any atom is 0.0361 e. The lowest BCUT2D eigenvalue weighted by molar-refractivity contribution is 1.02. The SMILES string of the molecule is CC1=CC2=C([CH]1)C=CC=CC2c1ccc(N(C)C)cc1. The Bertz CT molecular complexity index is 624. The van der Waals surface area contributed by atoms with E-state index in [1.807, 2.05) is 0 Å². The molecule has 0 N–H and O–H groups in total. The minimum atomic E-state index is 0.352. The van der Waals surface area contributed by atoms with Gasteiger partial charge in [0, 0.05) is 32.1 Å². The van der Waals surface area contributed by atoms with Gasteiger partial charge in [0.05, 0.1) is 0 Å². The van der Waals surface area contributed by atoms with E-state index in [1.165, 1.54) is 28.0 Å². The smallest absolute Gasteiger partial charge is 0.0361 e. The van der Waals surface area contributed by atoms with E-state index in [1.54, 1.807) is 0 Å². The minimum Gasteiger partial charge on any atom is -0.378 e. The second-order valence-corrected chi connectivity index (χ2v) is 5.65. The van der Waals surface area contributed by atoms with Gasteiger partial charge in [-0.1, -0.05) is 48.1 Å². The molecule has 1 aromatic carbocycles. The lowest BCUT2D eigenvalue weighted by Gasteiger charge is -2.17. The standard InChI is InChI=1S/C19H20N/c1-14-12-16-6-4-5-7-18(19(16)13-14)15-8-10-17(11-9-15)20(2)3/h4-13,18H,1-3H3. The first kappa shape index (κ1) is 13.0. The predicted octanol–water partition coefficient (Wildman–Crippen LogP) is 4.42. The van der Waals surface area contributed by atoms with Gasteiger partial charge in [-0.05, 0) is 35.8 Å². The average Bonchev–Trinajstić information content (AvgIpc) is 2.69. The fourth-order valence-electron chi connectivity index (χ4n) is 2.82. The molecule has 101 valence electrons. The van der Waals surface area contributed by atoms with Crippen LogP contribution >= 0.6 is 0 Å². The van der Waals surface area contributed by atoms with Crippen molar-refractivity contribution in [1.82, 2.24) is 0 Å².